The lowest BCUT2D eigenvalue weighted by Crippen LogP contribution is -3.14. The minimum Gasteiger partial charge on any atom is -0.495 e. The molecule has 29 heavy (non-hydrogen) atoms. The van der Waals surface area contributed by atoms with Crippen molar-refractivity contribution >= 4 is 11.6 Å². The van der Waals surface area contributed by atoms with Crippen molar-refractivity contribution in [1.29, 1.82) is 0 Å². The Labute approximate surface area is 173 Å². The van der Waals surface area contributed by atoms with E-state index in [0.29, 0.717) is 11.4 Å². The van der Waals surface area contributed by atoms with Gasteiger partial charge in [0.05, 0.1) is 39.1 Å². The highest BCUT2D eigenvalue weighted by Crippen LogP contribution is 2.26. The summed E-state index contributed by atoms with van der Waals surface area (Å²) >= 11 is 0. The number of rotatable bonds is 9. The molecule has 156 valence electrons. The smallest absolute Gasteiger partial charge is 0.287 e. The van der Waals surface area contributed by atoms with Crippen LogP contribution >= 0.6 is 0 Å². The highest BCUT2D eigenvalue weighted by Gasteiger charge is 2.25. The van der Waals surface area contributed by atoms with Crippen LogP contribution in [-0.4, -0.2) is 52.4 Å². The van der Waals surface area contributed by atoms with Crippen molar-refractivity contribution in [2.75, 3.05) is 51.8 Å². The zero-order chi connectivity index (χ0) is 20.5. The molecule has 1 atom stereocenters. The number of benzene rings is 2. The van der Waals surface area contributed by atoms with Crippen LogP contribution in [0.25, 0.3) is 0 Å². The second kappa shape index (κ2) is 11.0. The molecule has 0 spiro atoms. The van der Waals surface area contributed by atoms with Gasteiger partial charge in [-0.3, -0.25) is 4.79 Å². The summed E-state index contributed by atoms with van der Waals surface area (Å²) in [6.45, 7) is 7.89. The van der Waals surface area contributed by atoms with Gasteiger partial charge in [-0.15, -0.1) is 0 Å². The first-order chi connectivity index (χ1) is 14.2. The number of ether oxygens (including phenoxy) is 2. The maximum atomic E-state index is 13.2. The lowest BCUT2D eigenvalue weighted by molar-refractivity contribution is -0.909. The number of anilines is 1. The molecule has 3 rings (SSSR count). The molecule has 1 aliphatic rings. The summed E-state index contributed by atoms with van der Waals surface area (Å²) in [7, 11) is 1.62. The molecule has 0 aromatic heterocycles. The third-order valence-electron chi connectivity index (χ3n) is 5.39. The molecular formula is C23H33N3O3+2. The Balaban J connectivity index is 1.63. The summed E-state index contributed by atoms with van der Waals surface area (Å²) in [4.78, 5) is 14.8. The highest BCUT2D eigenvalue weighted by molar-refractivity contribution is 5.95. The van der Waals surface area contributed by atoms with E-state index in [1.54, 1.807) is 12.0 Å². The summed E-state index contributed by atoms with van der Waals surface area (Å²) in [5.41, 5.74) is 2.80. The number of carbonyl (C=O) groups excluding carboxylic acids is 1. The first kappa shape index (κ1) is 21.3. The van der Waals surface area contributed by atoms with Crippen LogP contribution in [-0.2, 0) is 9.53 Å². The summed E-state index contributed by atoms with van der Waals surface area (Å²) in [6.07, 6.45) is 1.07. The Morgan fingerprint density at radius 2 is 1.97 bits per heavy atom. The first-order valence-corrected chi connectivity index (χ1v) is 10.4. The summed E-state index contributed by atoms with van der Waals surface area (Å²) in [5, 5.41) is 5.22. The largest absolute Gasteiger partial charge is 0.495 e. The van der Waals surface area contributed by atoms with E-state index in [1.807, 2.05) is 55.5 Å². The van der Waals surface area contributed by atoms with Crippen molar-refractivity contribution in [2.45, 2.75) is 19.4 Å². The molecule has 2 aromatic rings. The van der Waals surface area contributed by atoms with Crippen LogP contribution in [0.15, 0.2) is 48.5 Å². The molecule has 1 amide bonds. The number of carbonyl (C=O) groups is 1. The van der Waals surface area contributed by atoms with Gasteiger partial charge in [-0.1, -0.05) is 36.4 Å². The number of aryl methyl sites for hydroxylation is 1. The molecule has 1 heterocycles. The Kier molecular flexibility index (Phi) is 8.04. The van der Waals surface area contributed by atoms with Gasteiger partial charge in [0.1, 0.15) is 18.8 Å². The van der Waals surface area contributed by atoms with Gasteiger partial charge in [0.25, 0.3) is 5.91 Å². The minimum atomic E-state index is -0.291. The highest BCUT2D eigenvalue weighted by atomic mass is 16.5. The molecule has 0 bridgehead atoms. The second-order valence-corrected chi connectivity index (χ2v) is 7.57. The van der Waals surface area contributed by atoms with Crippen molar-refractivity contribution in [3.63, 3.8) is 0 Å². The van der Waals surface area contributed by atoms with Crippen LogP contribution in [0.4, 0.5) is 5.69 Å². The molecule has 0 saturated carbocycles. The molecular weight excluding hydrogens is 366 g/mol. The van der Waals surface area contributed by atoms with E-state index < -0.39 is 0 Å². The standard InChI is InChI=1S/C23H31N3O3/c1-18-9-10-21(28-2)20(17-18)25-23(27)22(19-7-4-3-5-8-19)24-11-6-12-26-13-15-29-16-14-26/h3-5,7-10,17,22,24H,6,11-16H2,1-2H3,(H,25,27)/p+2/t22-/m1/s1. The zero-order valence-corrected chi connectivity index (χ0v) is 17.4. The average molecular weight is 400 g/mol. The van der Waals surface area contributed by atoms with Crippen LogP contribution in [0.3, 0.4) is 0 Å². The predicted molar refractivity (Wildman–Crippen MR) is 113 cm³/mol. The topological polar surface area (TPSA) is 68.6 Å². The maximum Gasteiger partial charge on any atom is 0.287 e. The van der Waals surface area contributed by atoms with E-state index in [1.165, 1.54) is 0 Å². The van der Waals surface area contributed by atoms with Crippen molar-refractivity contribution in [3.05, 3.63) is 59.7 Å². The number of nitrogens with one attached hydrogen (secondary N) is 2. The SMILES string of the molecule is COc1ccc(C)cc1NC(=O)[C@H]([NH2+]CCC[NH+]1CCOCC1)c1ccccc1. The molecule has 0 radical (unpaired) electrons. The van der Waals surface area contributed by atoms with Gasteiger partial charge in [-0.25, -0.2) is 0 Å². The van der Waals surface area contributed by atoms with Crippen LogP contribution in [0.5, 0.6) is 5.75 Å². The number of methoxy groups -OCH3 is 1. The normalized spacial score (nSPS) is 15.7. The third kappa shape index (κ3) is 6.29. The average Bonchev–Trinajstić information content (AvgIpc) is 2.75. The van der Waals surface area contributed by atoms with E-state index in [2.05, 4.69) is 10.6 Å². The molecule has 1 aliphatic heterocycles. The van der Waals surface area contributed by atoms with Crippen LogP contribution < -0.4 is 20.3 Å². The molecule has 1 fully saturated rings. The zero-order valence-electron chi connectivity index (χ0n) is 17.4. The predicted octanol–water partition coefficient (Wildman–Crippen LogP) is 0.552. The molecule has 0 unspecified atom stereocenters. The monoisotopic (exact) mass is 399 g/mol. The number of amides is 1. The number of hydrogen-bond acceptors (Lipinski definition) is 3. The fourth-order valence-electron chi connectivity index (χ4n) is 3.73. The van der Waals surface area contributed by atoms with Crippen LogP contribution in [0, 0.1) is 6.92 Å². The number of nitrogens with two attached hydrogens (primary N) is 1. The molecule has 2 aromatic carbocycles. The van der Waals surface area contributed by atoms with Crippen molar-refractivity contribution in [1.82, 2.24) is 0 Å². The first-order valence-electron chi connectivity index (χ1n) is 10.4. The molecule has 6 heteroatoms. The van der Waals surface area contributed by atoms with Crippen molar-refractivity contribution in [2.24, 2.45) is 0 Å². The van der Waals surface area contributed by atoms with Gasteiger partial charge in [-0.05, 0) is 24.6 Å². The summed E-state index contributed by atoms with van der Waals surface area (Å²) < 4.78 is 10.8. The van der Waals surface area contributed by atoms with Gasteiger partial charge >= 0.3 is 0 Å². The van der Waals surface area contributed by atoms with Gasteiger partial charge in [0.2, 0.25) is 0 Å². The van der Waals surface area contributed by atoms with Crippen LogP contribution in [0.1, 0.15) is 23.6 Å². The molecule has 4 N–H and O–H groups in total. The lowest BCUT2D eigenvalue weighted by atomic mass is 10.1. The summed E-state index contributed by atoms with van der Waals surface area (Å²) in [6, 6.07) is 15.5. The number of quaternary nitrogens is 2. The maximum absolute atomic E-state index is 13.2. The van der Waals surface area contributed by atoms with Crippen LogP contribution in [0.2, 0.25) is 0 Å². The van der Waals surface area contributed by atoms with Gasteiger partial charge < -0.3 is 25.0 Å². The third-order valence-corrected chi connectivity index (χ3v) is 5.39. The van der Waals surface area contributed by atoms with E-state index in [0.717, 1.165) is 56.9 Å². The number of hydrogen-bond donors (Lipinski definition) is 3. The van der Waals surface area contributed by atoms with E-state index in [-0.39, 0.29) is 11.9 Å². The Morgan fingerprint density at radius 1 is 1.21 bits per heavy atom. The number of morpholine rings is 1. The minimum absolute atomic E-state index is 0.0289. The summed E-state index contributed by atoms with van der Waals surface area (Å²) in [5.74, 6) is 0.644. The Hall–Kier alpha value is -2.41. The van der Waals surface area contributed by atoms with Crippen molar-refractivity contribution < 1.29 is 24.5 Å². The lowest BCUT2D eigenvalue weighted by Gasteiger charge is -2.23. The van der Waals surface area contributed by atoms with E-state index >= 15 is 0 Å². The van der Waals surface area contributed by atoms with Gasteiger partial charge in [-0.2, -0.15) is 0 Å². The van der Waals surface area contributed by atoms with Crippen molar-refractivity contribution in [3.8, 4) is 5.75 Å². The Bertz CT molecular complexity index is 776. The van der Waals surface area contributed by atoms with Gasteiger partial charge in [0, 0.05) is 12.0 Å². The Morgan fingerprint density at radius 3 is 2.69 bits per heavy atom. The van der Waals surface area contributed by atoms with E-state index in [9.17, 15) is 4.79 Å². The quantitative estimate of drug-likeness (QED) is 0.540. The van der Waals surface area contributed by atoms with E-state index in [4.69, 9.17) is 9.47 Å². The molecule has 0 aliphatic carbocycles. The molecule has 6 nitrogen and oxygen atoms in total. The second-order valence-electron chi connectivity index (χ2n) is 7.57. The fraction of sp³-hybridized carbons (Fsp3) is 0.435. The fourth-order valence-corrected chi connectivity index (χ4v) is 3.73. The van der Waals surface area contributed by atoms with Gasteiger partial charge in [0.15, 0.2) is 6.04 Å². The molecule has 1 saturated heterocycles.